The molecule has 6 heteroatoms. The van der Waals surface area contributed by atoms with Crippen LogP contribution in [-0.4, -0.2) is 30.5 Å². The third-order valence-electron chi connectivity index (χ3n) is 4.41. The van der Waals surface area contributed by atoms with Gasteiger partial charge in [-0.1, -0.05) is 37.3 Å². The van der Waals surface area contributed by atoms with Gasteiger partial charge in [0.2, 0.25) is 5.91 Å². The molecule has 0 radical (unpaired) electrons. The van der Waals surface area contributed by atoms with Gasteiger partial charge >= 0.3 is 0 Å². The lowest BCUT2D eigenvalue weighted by Crippen LogP contribution is -2.46. The van der Waals surface area contributed by atoms with E-state index in [1.54, 1.807) is 11.3 Å². The lowest BCUT2D eigenvalue weighted by atomic mass is 9.94. The van der Waals surface area contributed by atoms with Crippen molar-refractivity contribution in [3.63, 3.8) is 0 Å². The fourth-order valence-corrected chi connectivity index (χ4v) is 3.62. The molecule has 0 aliphatic carbocycles. The number of morpholine rings is 1. The van der Waals surface area contributed by atoms with Crippen molar-refractivity contribution in [3.05, 3.63) is 58.3 Å². The second-order valence-electron chi connectivity index (χ2n) is 5.93. The molecule has 1 fully saturated rings. The zero-order chi connectivity index (χ0) is 16.2. The Labute approximate surface area is 153 Å². The quantitative estimate of drug-likeness (QED) is 0.902. The van der Waals surface area contributed by atoms with Gasteiger partial charge in [0.1, 0.15) is 6.10 Å². The van der Waals surface area contributed by atoms with Gasteiger partial charge in [0.05, 0.1) is 19.1 Å². The number of halogens is 1. The van der Waals surface area contributed by atoms with Crippen molar-refractivity contribution in [1.82, 2.24) is 4.90 Å². The van der Waals surface area contributed by atoms with Gasteiger partial charge in [-0.3, -0.25) is 4.79 Å². The molecule has 3 atom stereocenters. The third-order valence-corrected chi connectivity index (χ3v) is 5.11. The molecule has 0 saturated carbocycles. The van der Waals surface area contributed by atoms with Crippen LogP contribution < -0.4 is 5.73 Å². The summed E-state index contributed by atoms with van der Waals surface area (Å²) in [6, 6.07) is 11.6. The molecule has 3 rings (SSSR count). The van der Waals surface area contributed by atoms with Gasteiger partial charge < -0.3 is 15.4 Å². The molecule has 4 nitrogen and oxygen atoms in total. The summed E-state index contributed by atoms with van der Waals surface area (Å²) in [7, 11) is 0. The fraction of sp³-hybridized carbons (Fsp3) is 0.389. The topological polar surface area (TPSA) is 55.6 Å². The maximum Gasteiger partial charge on any atom is 0.227 e. The SMILES string of the molecule is CC(C(=O)N1CCOC(c2ccsc2)C1)C(N)c1ccccc1.Cl. The molecular formula is C18H23ClN2O2S. The van der Waals surface area contributed by atoms with Crippen LogP contribution in [0.4, 0.5) is 0 Å². The highest BCUT2D eigenvalue weighted by Gasteiger charge is 2.31. The first-order chi connectivity index (χ1) is 11.2. The van der Waals surface area contributed by atoms with Crippen LogP contribution in [0.5, 0.6) is 0 Å². The van der Waals surface area contributed by atoms with E-state index in [0.717, 1.165) is 11.1 Å². The molecule has 1 aromatic carbocycles. The Balaban J connectivity index is 0.00000208. The number of rotatable bonds is 4. The monoisotopic (exact) mass is 366 g/mol. The van der Waals surface area contributed by atoms with Crippen LogP contribution in [0.2, 0.25) is 0 Å². The van der Waals surface area contributed by atoms with E-state index in [2.05, 4.69) is 11.4 Å². The second-order valence-corrected chi connectivity index (χ2v) is 6.71. The molecule has 2 N–H and O–H groups in total. The average molecular weight is 367 g/mol. The number of amides is 1. The van der Waals surface area contributed by atoms with E-state index in [-0.39, 0.29) is 36.4 Å². The number of thiophene rings is 1. The van der Waals surface area contributed by atoms with Crippen LogP contribution in [0.25, 0.3) is 0 Å². The molecule has 1 aliphatic heterocycles. The van der Waals surface area contributed by atoms with E-state index in [1.165, 1.54) is 0 Å². The molecule has 1 aromatic heterocycles. The average Bonchev–Trinajstić information content (AvgIpc) is 3.15. The molecule has 3 unspecified atom stereocenters. The van der Waals surface area contributed by atoms with E-state index < -0.39 is 0 Å². The molecule has 1 aliphatic rings. The first-order valence-corrected chi connectivity index (χ1v) is 8.84. The van der Waals surface area contributed by atoms with Gasteiger partial charge in [-0.25, -0.2) is 0 Å². The minimum Gasteiger partial charge on any atom is -0.370 e. The Hall–Kier alpha value is -1.40. The number of benzene rings is 1. The van der Waals surface area contributed by atoms with E-state index in [4.69, 9.17) is 10.5 Å². The van der Waals surface area contributed by atoms with E-state index in [1.807, 2.05) is 47.5 Å². The first kappa shape index (κ1) is 18.9. The molecule has 130 valence electrons. The summed E-state index contributed by atoms with van der Waals surface area (Å²) in [4.78, 5) is 14.7. The van der Waals surface area contributed by atoms with Gasteiger partial charge in [-0.05, 0) is 28.0 Å². The van der Waals surface area contributed by atoms with E-state index in [0.29, 0.717) is 19.7 Å². The molecule has 1 amide bonds. The standard InChI is InChI=1S/C18H22N2O2S.ClH/c1-13(17(19)14-5-3-2-4-6-14)18(21)20-8-9-22-16(11-20)15-7-10-23-12-15;/h2-7,10,12-13,16-17H,8-9,11,19H2,1H3;1H. The molecule has 2 heterocycles. The molecule has 24 heavy (non-hydrogen) atoms. The number of nitrogens with two attached hydrogens (primary N) is 1. The first-order valence-electron chi connectivity index (χ1n) is 7.90. The van der Waals surface area contributed by atoms with Gasteiger partial charge in [0.25, 0.3) is 0 Å². The smallest absolute Gasteiger partial charge is 0.227 e. The Bertz CT molecular complexity index is 636. The normalized spacial score (nSPS) is 20.1. The van der Waals surface area contributed by atoms with Crippen molar-refractivity contribution in [3.8, 4) is 0 Å². The van der Waals surface area contributed by atoms with E-state index >= 15 is 0 Å². The maximum atomic E-state index is 12.8. The molecule has 0 spiro atoms. The van der Waals surface area contributed by atoms with E-state index in [9.17, 15) is 4.79 Å². The molecule has 0 bridgehead atoms. The van der Waals surface area contributed by atoms with Crippen LogP contribution in [0.1, 0.15) is 30.2 Å². The summed E-state index contributed by atoms with van der Waals surface area (Å²) in [6.07, 6.45) is -0.0286. The minimum atomic E-state index is -0.286. The number of hydrogen-bond donors (Lipinski definition) is 1. The summed E-state index contributed by atoms with van der Waals surface area (Å²) in [5, 5.41) is 4.12. The van der Waals surface area contributed by atoms with Crippen LogP contribution >= 0.6 is 23.7 Å². The van der Waals surface area contributed by atoms with Gasteiger partial charge in [0.15, 0.2) is 0 Å². The minimum absolute atomic E-state index is 0. The number of nitrogens with zero attached hydrogens (tertiary/aromatic N) is 1. The largest absolute Gasteiger partial charge is 0.370 e. The maximum absolute atomic E-state index is 12.8. The number of ether oxygens (including phenoxy) is 1. The third kappa shape index (κ3) is 4.16. The van der Waals surface area contributed by atoms with Crippen molar-refractivity contribution >= 4 is 29.7 Å². The lowest BCUT2D eigenvalue weighted by molar-refractivity contribution is -0.143. The zero-order valence-electron chi connectivity index (χ0n) is 13.6. The molecule has 1 saturated heterocycles. The Kier molecular flexibility index (Phi) is 6.80. The highest BCUT2D eigenvalue weighted by Crippen LogP contribution is 2.27. The van der Waals surface area contributed by atoms with Gasteiger partial charge in [0, 0.05) is 12.6 Å². The Morgan fingerprint density at radius 1 is 1.33 bits per heavy atom. The molecular weight excluding hydrogens is 344 g/mol. The summed E-state index contributed by atoms with van der Waals surface area (Å²) >= 11 is 1.65. The Morgan fingerprint density at radius 2 is 2.08 bits per heavy atom. The van der Waals surface area contributed by atoms with Crippen molar-refractivity contribution in [2.45, 2.75) is 19.1 Å². The summed E-state index contributed by atoms with van der Waals surface area (Å²) in [6.45, 7) is 3.71. The predicted octanol–water partition coefficient (Wildman–Crippen LogP) is 3.41. The van der Waals surface area contributed by atoms with Gasteiger partial charge in [-0.2, -0.15) is 11.3 Å². The van der Waals surface area contributed by atoms with Crippen LogP contribution in [-0.2, 0) is 9.53 Å². The Morgan fingerprint density at radius 3 is 2.75 bits per heavy atom. The highest BCUT2D eigenvalue weighted by atomic mass is 35.5. The molecule has 2 aromatic rings. The fourth-order valence-electron chi connectivity index (χ4n) is 2.91. The zero-order valence-corrected chi connectivity index (χ0v) is 15.3. The highest BCUT2D eigenvalue weighted by molar-refractivity contribution is 7.07. The van der Waals surface area contributed by atoms with Crippen molar-refractivity contribution in [2.75, 3.05) is 19.7 Å². The number of carbonyl (C=O) groups excluding carboxylic acids is 1. The van der Waals surface area contributed by atoms with Crippen LogP contribution in [0, 0.1) is 5.92 Å². The predicted molar refractivity (Wildman–Crippen MR) is 99.4 cm³/mol. The van der Waals surface area contributed by atoms with Crippen molar-refractivity contribution in [1.29, 1.82) is 0 Å². The summed E-state index contributed by atoms with van der Waals surface area (Å²) < 4.78 is 5.81. The van der Waals surface area contributed by atoms with Crippen LogP contribution in [0.15, 0.2) is 47.2 Å². The van der Waals surface area contributed by atoms with Crippen molar-refractivity contribution < 1.29 is 9.53 Å². The van der Waals surface area contributed by atoms with Crippen molar-refractivity contribution in [2.24, 2.45) is 11.7 Å². The van der Waals surface area contributed by atoms with Gasteiger partial charge in [-0.15, -0.1) is 12.4 Å². The number of carbonyl (C=O) groups is 1. The number of hydrogen-bond acceptors (Lipinski definition) is 4. The second kappa shape index (κ2) is 8.62. The summed E-state index contributed by atoms with van der Waals surface area (Å²) in [5.41, 5.74) is 8.44. The summed E-state index contributed by atoms with van der Waals surface area (Å²) in [5.74, 6) is -0.150. The lowest BCUT2D eigenvalue weighted by Gasteiger charge is -2.35. The van der Waals surface area contributed by atoms with Crippen LogP contribution in [0.3, 0.4) is 0 Å².